The van der Waals surface area contributed by atoms with Crippen molar-refractivity contribution in [2.45, 2.75) is 26.3 Å². The summed E-state index contributed by atoms with van der Waals surface area (Å²) in [5.74, 6) is -5.30. The summed E-state index contributed by atoms with van der Waals surface area (Å²) in [5.41, 5.74) is 0.985. The fourth-order valence-electron chi connectivity index (χ4n) is 2.73. The van der Waals surface area contributed by atoms with Gasteiger partial charge in [-0.15, -0.1) is 0 Å². The average Bonchev–Trinajstić information content (AvgIpc) is 2.63. The van der Waals surface area contributed by atoms with Crippen LogP contribution in [0.2, 0.25) is 0 Å². The molecule has 0 saturated heterocycles. The molecule has 2 aromatic carbocycles. The number of rotatable bonds is 4. The van der Waals surface area contributed by atoms with Gasteiger partial charge in [0.2, 0.25) is 0 Å². The lowest BCUT2D eigenvalue weighted by atomic mass is 10.0. The van der Waals surface area contributed by atoms with E-state index in [1.807, 2.05) is 32.0 Å². The van der Waals surface area contributed by atoms with Gasteiger partial charge < -0.3 is 10.3 Å². The van der Waals surface area contributed by atoms with Crippen molar-refractivity contribution < 1.29 is 18.0 Å². The van der Waals surface area contributed by atoms with Gasteiger partial charge in [0, 0.05) is 17.6 Å². The maximum atomic E-state index is 13.7. The third-order valence-corrected chi connectivity index (χ3v) is 4.33. The first-order valence-electron chi connectivity index (χ1n) is 8.35. The number of amides is 1. The molecule has 3 aromatic rings. The third-order valence-electron chi connectivity index (χ3n) is 4.33. The van der Waals surface area contributed by atoms with E-state index in [-0.39, 0.29) is 12.1 Å². The lowest BCUT2D eigenvalue weighted by Crippen LogP contribution is -2.27. The number of nitrogens with one attached hydrogen (secondary N) is 2. The van der Waals surface area contributed by atoms with Crippen molar-refractivity contribution in [1.29, 1.82) is 0 Å². The zero-order chi connectivity index (χ0) is 19.7. The second kappa shape index (κ2) is 7.26. The Hall–Kier alpha value is -3.09. The van der Waals surface area contributed by atoms with Crippen LogP contribution >= 0.6 is 0 Å². The SMILES string of the molecule is CC(C)c1ccc2[nH]c(=O)c(CNC(=O)c3ccc(F)c(F)c3F)cc2c1. The Bertz CT molecular complexity index is 1090. The molecule has 0 bridgehead atoms. The number of benzene rings is 2. The van der Waals surface area contributed by atoms with Crippen LogP contribution < -0.4 is 10.9 Å². The number of carbonyl (C=O) groups is 1. The normalized spacial score (nSPS) is 11.2. The molecule has 4 nitrogen and oxygen atoms in total. The van der Waals surface area contributed by atoms with Gasteiger partial charge in [0.05, 0.1) is 5.56 Å². The van der Waals surface area contributed by atoms with Gasteiger partial charge in [-0.1, -0.05) is 19.9 Å². The molecule has 1 amide bonds. The first-order chi connectivity index (χ1) is 12.8. The molecule has 0 atom stereocenters. The molecule has 0 radical (unpaired) electrons. The van der Waals surface area contributed by atoms with Gasteiger partial charge >= 0.3 is 0 Å². The van der Waals surface area contributed by atoms with Crippen LogP contribution in [0.3, 0.4) is 0 Å². The molecule has 1 aromatic heterocycles. The van der Waals surface area contributed by atoms with Crippen LogP contribution in [0.5, 0.6) is 0 Å². The summed E-state index contributed by atoms with van der Waals surface area (Å²) in [5, 5.41) is 3.15. The van der Waals surface area contributed by atoms with Crippen molar-refractivity contribution >= 4 is 16.8 Å². The highest BCUT2D eigenvalue weighted by Crippen LogP contribution is 2.20. The number of aromatic amines is 1. The van der Waals surface area contributed by atoms with Gasteiger partial charge in [-0.25, -0.2) is 13.2 Å². The molecule has 140 valence electrons. The predicted molar refractivity (Wildman–Crippen MR) is 96.1 cm³/mol. The fourth-order valence-corrected chi connectivity index (χ4v) is 2.73. The van der Waals surface area contributed by atoms with E-state index in [9.17, 15) is 22.8 Å². The van der Waals surface area contributed by atoms with Crippen LogP contribution in [0, 0.1) is 17.5 Å². The standard InChI is InChI=1S/C20H17F3N2O2/c1-10(2)11-3-6-16-12(7-11)8-13(19(26)25-16)9-24-20(27)14-4-5-15(21)18(23)17(14)22/h3-8,10H,9H2,1-2H3,(H,24,27)(H,25,26). The van der Waals surface area contributed by atoms with Crippen molar-refractivity contribution in [1.82, 2.24) is 10.3 Å². The van der Waals surface area contributed by atoms with Gasteiger partial charge in [0.15, 0.2) is 17.5 Å². The van der Waals surface area contributed by atoms with Gasteiger partial charge in [-0.2, -0.15) is 0 Å². The van der Waals surface area contributed by atoms with E-state index < -0.39 is 34.5 Å². The van der Waals surface area contributed by atoms with Crippen LogP contribution in [-0.4, -0.2) is 10.9 Å². The summed E-state index contributed by atoms with van der Waals surface area (Å²) < 4.78 is 39.9. The number of carbonyl (C=O) groups excluding carboxylic acids is 1. The monoisotopic (exact) mass is 374 g/mol. The number of hydrogen-bond acceptors (Lipinski definition) is 2. The first-order valence-corrected chi connectivity index (χ1v) is 8.35. The molecule has 27 heavy (non-hydrogen) atoms. The smallest absolute Gasteiger partial charge is 0.254 e. The Morgan fingerprint density at radius 1 is 1.07 bits per heavy atom. The molecule has 7 heteroatoms. The zero-order valence-corrected chi connectivity index (χ0v) is 14.7. The largest absolute Gasteiger partial charge is 0.348 e. The predicted octanol–water partition coefficient (Wildman–Crippen LogP) is 4.00. The van der Waals surface area contributed by atoms with Crippen molar-refractivity contribution in [2.75, 3.05) is 0 Å². The Labute approximate surface area is 153 Å². The number of hydrogen-bond donors (Lipinski definition) is 2. The van der Waals surface area contributed by atoms with E-state index in [0.29, 0.717) is 17.5 Å². The van der Waals surface area contributed by atoms with Crippen molar-refractivity contribution in [3.05, 3.63) is 80.9 Å². The third kappa shape index (κ3) is 3.72. The van der Waals surface area contributed by atoms with E-state index in [2.05, 4.69) is 10.3 Å². The number of fused-ring (bicyclic) bond motifs is 1. The van der Waals surface area contributed by atoms with Gasteiger partial charge in [-0.3, -0.25) is 9.59 Å². The first kappa shape index (κ1) is 18.7. The van der Waals surface area contributed by atoms with Crippen molar-refractivity contribution in [3.8, 4) is 0 Å². The molecule has 0 saturated carbocycles. The molecular formula is C20H17F3N2O2. The van der Waals surface area contributed by atoms with Crippen LogP contribution in [0.4, 0.5) is 13.2 Å². The second-order valence-electron chi connectivity index (χ2n) is 6.53. The van der Waals surface area contributed by atoms with E-state index in [1.54, 1.807) is 6.07 Å². The highest BCUT2D eigenvalue weighted by molar-refractivity contribution is 5.94. The molecule has 0 aliphatic rings. The van der Waals surface area contributed by atoms with Crippen molar-refractivity contribution in [2.24, 2.45) is 0 Å². The quantitative estimate of drug-likeness (QED) is 0.678. The van der Waals surface area contributed by atoms with E-state index in [0.717, 1.165) is 17.0 Å². The minimum absolute atomic E-state index is 0.186. The van der Waals surface area contributed by atoms with Crippen LogP contribution in [0.15, 0.2) is 41.2 Å². The zero-order valence-electron chi connectivity index (χ0n) is 14.7. The number of H-pyrrole nitrogens is 1. The minimum Gasteiger partial charge on any atom is -0.348 e. The molecule has 0 unspecified atom stereocenters. The van der Waals surface area contributed by atoms with E-state index in [4.69, 9.17) is 0 Å². The van der Waals surface area contributed by atoms with Gasteiger partial charge in [0.1, 0.15) is 0 Å². The Balaban J connectivity index is 1.86. The Morgan fingerprint density at radius 2 is 1.81 bits per heavy atom. The van der Waals surface area contributed by atoms with Gasteiger partial charge in [0.25, 0.3) is 11.5 Å². The van der Waals surface area contributed by atoms with Crippen LogP contribution in [0.1, 0.15) is 41.3 Å². The molecule has 0 fully saturated rings. The van der Waals surface area contributed by atoms with E-state index >= 15 is 0 Å². The lowest BCUT2D eigenvalue weighted by Gasteiger charge is -2.09. The van der Waals surface area contributed by atoms with Crippen molar-refractivity contribution in [3.63, 3.8) is 0 Å². The number of pyridine rings is 1. The molecule has 2 N–H and O–H groups in total. The summed E-state index contributed by atoms with van der Waals surface area (Å²) >= 11 is 0. The summed E-state index contributed by atoms with van der Waals surface area (Å²) in [6.45, 7) is 3.91. The summed E-state index contributed by atoms with van der Waals surface area (Å²) in [6, 6.07) is 8.84. The molecule has 1 heterocycles. The van der Waals surface area contributed by atoms with Crippen LogP contribution in [-0.2, 0) is 6.54 Å². The fraction of sp³-hybridized carbons (Fsp3) is 0.200. The highest BCUT2D eigenvalue weighted by Gasteiger charge is 2.19. The maximum Gasteiger partial charge on any atom is 0.254 e. The van der Waals surface area contributed by atoms with Gasteiger partial charge in [-0.05, 0) is 47.2 Å². The number of aromatic nitrogens is 1. The molecule has 0 spiro atoms. The maximum absolute atomic E-state index is 13.7. The average molecular weight is 374 g/mol. The molecule has 3 rings (SSSR count). The minimum atomic E-state index is -1.72. The Morgan fingerprint density at radius 3 is 2.52 bits per heavy atom. The number of halogens is 3. The molecule has 0 aliphatic heterocycles. The molecular weight excluding hydrogens is 357 g/mol. The summed E-state index contributed by atoms with van der Waals surface area (Å²) in [4.78, 5) is 27.0. The summed E-state index contributed by atoms with van der Waals surface area (Å²) in [6.07, 6.45) is 0. The van der Waals surface area contributed by atoms with Crippen LogP contribution in [0.25, 0.3) is 10.9 Å². The topological polar surface area (TPSA) is 62.0 Å². The second-order valence-corrected chi connectivity index (χ2v) is 6.53. The highest BCUT2D eigenvalue weighted by atomic mass is 19.2. The molecule has 0 aliphatic carbocycles. The van der Waals surface area contributed by atoms with E-state index in [1.165, 1.54) is 0 Å². The lowest BCUT2D eigenvalue weighted by molar-refractivity contribution is 0.0945. The summed E-state index contributed by atoms with van der Waals surface area (Å²) in [7, 11) is 0. The Kier molecular flexibility index (Phi) is 5.03.